The third-order valence-electron chi connectivity index (χ3n) is 7.91. The molecule has 7 heteroatoms. The Labute approximate surface area is 216 Å². The van der Waals surface area contributed by atoms with Crippen LogP contribution < -0.4 is 9.64 Å². The Morgan fingerprint density at radius 3 is 2.58 bits per heavy atom. The van der Waals surface area contributed by atoms with Crippen LogP contribution in [-0.4, -0.2) is 52.1 Å². The maximum absolute atomic E-state index is 13.3. The van der Waals surface area contributed by atoms with Gasteiger partial charge in [-0.2, -0.15) is 0 Å². The van der Waals surface area contributed by atoms with Gasteiger partial charge in [-0.15, -0.1) is 0 Å². The Hall–Kier alpha value is -3.27. The van der Waals surface area contributed by atoms with E-state index >= 15 is 0 Å². The predicted molar refractivity (Wildman–Crippen MR) is 141 cm³/mol. The lowest BCUT2D eigenvalue weighted by atomic mass is 9.96. The molecule has 4 heterocycles. The largest absolute Gasteiger partial charge is 0.489 e. The lowest BCUT2D eigenvalue weighted by Gasteiger charge is -2.36. The van der Waals surface area contributed by atoms with Crippen LogP contribution in [0, 0.1) is 11.8 Å². The highest BCUT2D eigenvalue weighted by Gasteiger charge is 2.39. The molecule has 1 amide bonds. The highest BCUT2D eigenvalue weighted by molar-refractivity contribution is 6.32. The smallest absolute Gasteiger partial charge is 0.258 e. The van der Waals surface area contributed by atoms with Crippen LogP contribution in [0.4, 0.5) is 5.69 Å². The van der Waals surface area contributed by atoms with E-state index in [1.54, 1.807) is 17.4 Å². The summed E-state index contributed by atoms with van der Waals surface area (Å²) in [5.41, 5.74) is 4.28. The van der Waals surface area contributed by atoms with Crippen molar-refractivity contribution in [2.75, 3.05) is 18.5 Å². The van der Waals surface area contributed by atoms with E-state index in [4.69, 9.17) is 16.3 Å². The van der Waals surface area contributed by atoms with Crippen LogP contribution in [-0.2, 0) is 13.5 Å². The van der Waals surface area contributed by atoms with Crippen LogP contribution in [0.15, 0.2) is 48.9 Å². The van der Waals surface area contributed by atoms with Gasteiger partial charge in [0.25, 0.3) is 5.91 Å². The van der Waals surface area contributed by atoms with Crippen molar-refractivity contribution in [1.29, 1.82) is 0 Å². The van der Waals surface area contributed by atoms with Gasteiger partial charge in [-0.05, 0) is 87.0 Å². The number of hydrogen-bond donors (Lipinski definition) is 0. The minimum atomic E-state index is -0.0148. The summed E-state index contributed by atoms with van der Waals surface area (Å²) in [5.74, 6) is 7.01. The number of hydrogen-bond acceptors (Lipinski definition) is 4. The second-order valence-electron chi connectivity index (χ2n) is 10.1. The van der Waals surface area contributed by atoms with Gasteiger partial charge in [0.15, 0.2) is 0 Å². The van der Waals surface area contributed by atoms with E-state index in [1.807, 2.05) is 48.0 Å². The van der Waals surface area contributed by atoms with E-state index in [9.17, 15) is 4.79 Å². The zero-order valence-electron chi connectivity index (χ0n) is 20.6. The summed E-state index contributed by atoms with van der Waals surface area (Å²) in [6, 6.07) is 12.7. The van der Waals surface area contributed by atoms with Gasteiger partial charge in [0, 0.05) is 42.5 Å². The van der Waals surface area contributed by atoms with E-state index in [0.29, 0.717) is 35.0 Å². The molecule has 6 nitrogen and oxygen atoms in total. The number of carbonyl (C=O) groups excluding carboxylic acids is 1. The van der Waals surface area contributed by atoms with Crippen LogP contribution in [0.2, 0.25) is 5.02 Å². The second kappa shape index (κ2) is 9.31. The van der Waals surface area contributed by atoms with E-state index in [2.05, 4.69) is 28.8 Å². The number of carbonyl (C=O) groups is 1. The molecule has 6 rings (SSSR count). The Kier molecular flexibility index (Phi) is 5.99. The minimum Gasteiger partial charge on any atom is -0.489 e. The van der Waals surface area contributed by atoms with Crippen LogP contribution in [0.3, 0.4) is 0 Å². The molecule has 0 saturated carbocycles. The van der Waals surface area contributed by atoms with Crippen LogP contribution in [0.5, 0.6) is 5.75 Å². The van der Waals surface area contributed by atoms with Crippen molar-refractivity contribution < 1.29 is 9.53 Å². The van der Waals surface area contributed by atoms with Crippen molar-refractivity contribution in [3.8, 4) is 17.6 Å². The molecule has 3 aliphatic heterocycles. The SMILES string of the molecule is CN1[C@@H]2CC[C@H]1CC(Oc1ccc(N3CCc4cc(C#Cc5cncn5C)ccc4C3=O)cc1Cl)C2. The molecule has 1 unspecified atom stereocenters. The number of anilines is 1. The average Bonchev–Trinajstić information content (AvgIpc) is 3.35. The number of halogens is 1. The number of nitrogens with zero attached hydrogens (tertiary/aromatic N) is 4. The van der Waals surface area contributed by atoms with Crippen LogP contribution in [0.1, 0.15) is 52.9 Å². The van der Waals surface area contributed by atoms with E-state index in [1.165, 1.54) is 12.8 Å². The van der Waals surface area contributed by atoms with Crippen molar-refractivity contribution in [2.45, 2.75) is 50.3 Å². The number of amides is 1. The van der Waals surface area contributed by atoms with Gasteiger partial charge in [-0.25, -0.2) is 4.98 Å². The number of imidazole rings is 1. The lowest BCUT2D eigenvalue weighted by molar-refractivity contribution is 0.0662. The first-order valence-corrected chi connectivity index (χ1v) is 13.0. The summed E-state index contributed by atoms with van der Waals surface area (Å²) < 4.78 is 8.21. The summed E-state index contributed by atoms with van der Waals surface area (Å²) in [6.45, 7) is 0.597. The molecule has 0 spiro atoms. The number of ether oxygens (including phenoxy) is 1. The van der Waals surface area contributed by atoms with Crippen molar-refractivity contribution in [3.05, 3.63) is 76.3 Å². The molecule has 0 aliphatic carbocycles. The number of rotatable bonds is 3. The molecule has 0 radical (unpaired) electrons. The first kappa shape index (κ1) is 23.1. The predicted octanol–water partition coefficient (Wildman–Crippen LogP) is 4.68. The molecule has 2 aromatic carbocycles. The Balaban J connectivity index is 1.16. The van der Waals surface area contributed by atoms with Gasteiger partial charge in [-0.1, -0.05) is 17.5 Å². The molecular formula is C29H29ClN4O2. The van der Waals surface area contributed by atoms with Crippen molar-refractivity contribution in [2.24, 2.45) is 7.05 Å². The first-order valence-electron chi connectivity index (χ1n) is 12.6. The molecule has 36 heavy (non-hydrogen) atoms. The van der Waals surface area contributed by atoms with Gasteiger partial charge in [-0.3, -0.25) is 4.79 Å². The first-order chi connectivity index (χ1) is 17.5. The minimum absolute atomic E-state index is 0.0148. The zero-order valence-corrected chi connectivity index (χ0v) is 21.3. The van der Waals surface area contributed by atoms with E-state index in [-0.39, 0.29) is 12.0 Å². The van der Waals surface area contributed by atoms with Crippen LogP contribution in [0.25, 0.3) is 0 Å². The van der Waals surface area contributed by atoms with Gasteiger partial charge in [0.2, 0.25) is 0 Å². The Morgan fingerprint density at radius 1 is 1.06 bits per heavy atom. The second-order valence-corrected chi connectivity index (χ2v) is 10.5. The quantitative estimate of drug-likeness (QED) is 0.490. The summed E-state index contributed by atoms with van der Waals surface area (Å²) in [7, 11) is 4.14. The average molecular weight is 501 g/mol. The molecule has 3 aliphatic rings. The number of benzene rings is 2. The number of aryl methyl sites for hydroxylation is 1. The summed E-state index contributed by atoms with van der Waals surface area (Å²) >= 11 is 6.65. The number of piperidine rings is 1. The molecule has 2 fully saturated rings. The molecule has 2 saturated heterocycles. The summed E-state index contributed by atoms with van der Waals surface area (Å²) in [4.78, 5) is 21.7. The summed E-state index contributed by atoms with van der Waals surface area (Å²) in [5, 5.41) is 0.554. The monoisotopic (exact) mass is 500 g/mol. The van der Waals surface area contributed by atoms with E-state index in [0.717, 1.165) is 41.8 Å². The summed E-state index contributed by atoms with van der Waals surface area (Å²) in [6.07, 6.45) is 9.02. The number of fused-ring (bicyclic) bond motifs is 3. The number of aromatic nitrogens is 2. The zero-order chi connectivity index (χ0) is 24.8. The van der Waals surface area contributed by atoms with Gasteiger partial charge < -0.3 is 19.1 Å². The maximum Gasteiger partial charge on any atom is 0.258 e. The fourth-order valence-corrected chi connectivity index (χ4v) is 6.04. The molecule has 0 N–H and O–H groups in total. The molecule has 3 atom stereocenters. The lowest BCUT2D eigenvalue weighted by Crippen LogP contribution is -2.43. The van der Waals surface area contributed by atoms with E-state index < -0.39 is 0 Å². The Bertz CT molecular complexity index is 1370. The fraction of sp³-hybridized carbons (Fsp3) is 0.379. The van der Waals surface area contributed by atoms with Crippen molar-refractivity contribution in [3.63, 3.8) is 0 Å². The van der Waals surface area contributed by atoms with Crippen LogP contribution >= 0.6 is 11.6 Å². The molecule has 3 aromatic rings. The third kappa shape index (κ3) is 4.27. The van der Waals surface area contributed by atoms with Crippen molar-refractivity contribution >= 4 is 23.2 Å². The fourth-order valence-electron chi connectivity index (χ4n) is 5.82. The van der Waals surface area contributed by atoms with Crippen molar-refractivity contribution in [1.82, 2.24) is 14.5 Å². The third-order valence-corrected chi connectivity index (χ3v) is 8.21. The maximum atomic E-state index is 13.3. The molecular weight excluding hydrogens is 472 g/mol. The molecule has 1 aromatic heterocycles. The topological polar surface area (TPSA) is 50.6 Å². The highest BCUT2D eigenvalue weighted by atomic mass is 35.5. The van der Waals surface area contributed by atoms with Gasteiger partial charge in [0.05, 0.1) is 17.5 Å². The highest BCUT2D eigenvalue weighted by Crippen LogP contribution is 2.38. The molecule has 184 valence electrons. The normalized spacial score (nSPS) is 23.2. The molecule has 2 bridgehead atoms. The standard InChI is InChI=1S/C29H29ClN4O2/c1-32-18-31-17-24(32)5-3-19-4-9-26-20(13-19)11-12-34(29(26)35)23-8-10-28(27(30)16-23)36-25-14-21-6-7-22(15-25)33(21)2/h4,8-10,13,16-18,21-22,25H,6-7,11-12,14-15H2,1-2H3/t21-,22+,25?. The van der Waals surface area contributed by atoms with Gasteiger partial charge in [0.1, 0.15) is 17.5 Å². The van der Waals surface area contributed by atoms with Gasteiger partial charge >= 0.3 is 0 Å². The Morgan fingerprint density at radius 2 is 1.86 bits per heavy atom.